The molecule has 124 valence electrons. The minimum Gasteiger partial charge on any atom is -0.492 e. The van der Waals surface area contributed by atoms with Crippen molar-refractivity contribution in [2.45, 2.75) is 0 Å². The lowest BCUT2D eigenvalue weighted by Crippen LogP contribution is -2.28. The molecule has 25 heavy (non-hydrogen) atoms. The third-order valence-electron chi connectivity index (χ3n) is 4.57. The van der Waals surface area contributed by atoms with Crippen molar-refractivity contribution >= 4 is 28.3 Å². The van der Waals surface area contributed by atoms with Gasteiger partial charge in [-0.3, -0.25) is 0 Å². The van der Waals surface area contributed by atoms with Gasteiger partial charge in [0, 0.05) is 10.9 Å². The van der Waals surface area contributed by atoms with E-state index in [0.717, 1.165) is 16.7 Å². The number of fused-ring (bicyclic) bond motifs is 5. The van der Waals surface area contributed by atoms with Crippen molar-refractivity contribution in [1.82, 2.24) is 0 Å². The summed E-state index contributed by atoms with van der Waals surface area (Å²) in [5.74, 6) is 0.678. The molecule has 2 aliphatic heterocycles. The van der Waals surface area contributed by atoms with E-state index in [1.165, 1.54) is 0 Å². The Bertz CT molecular complexity index is 1090. The molecule has 3 aromatic rings. The highest BCUT2D eigenvalue weighted by Gasteiger charge is 2.35. The van der Waals surface area contributed by atoms with Gasteiger partial charge in [0.05, 0.1) is 11.5 Å². The van der Waals surface area contributed by atoms with Crippen molar-refractivity contribution in [3.05, 3.63) is 63.5 Å². The summed E-state index contributed by atoms with van der Waals surface area (Å²) in [6, 6.07) is 13.3. The zero-order chi connectivity index (χ0) is 17.0. The first-order valence-electron chi connectivity index (χ1n) is 7.92. The second-order valence-electron chi connectivity index (χ2n) is 6.04. The molecule has 1 atom stereocenters. The molecule has 2 aromatic carbocycles. The van der Waals surface area contributed by atoms with Crippen LogP contribution < -0.4 is 10.4 Å². The molecule has 3 heterocycles. The molecule has 6 heteroatoms. The second-order valence-corrected chi connectivity index (χ2v) is 6.42. The number of ether oxygens (including phenoxy) is 1. The summed E-state index contributed by atoms with van der Waals surface area (Å²) in [6.07, 6.45) is 0. The molecule has 2 aliphatic rings. The lowest BCUT2D eigenvalue weighted by atomic mass is 9.92. The Kier molecular flexibility index (Phi) is 3.12. The molecule has 0 fully saturated rings. The van der Waals surface area contributed by atoms with Crippen LogP contribution in [0, 0.1) is 5.92 Å². The smallest absolute Gasteiger partial charge is 0.355 e. The fraction of sp³-hybridized carbons (Fsp3) is 0.158. The first-order chi connectivity index (χ1) is 12.2. The zero-order valence-electron chi connectivity index (χ0n) is 13.0. The molecule has 0 radical (unpaired) electrons. The van der Waals surface area contributed by atoms with E-state index >= 15 is 0 Å². The van der Waals surface area contributed by atoms with E-state index < -0.39 is 5.63 Å². The van der Waals surface area contributed by atoms with Gasteiger partial charge in [0.25, 0.3) is 0 Å². The first kappa shape index (κ1) is 14.5. The van der Waals surface area contributed by atoms with Crippen molar-refractivity contribution in [2.24, 2.45) is 11.1 Å². The van der Waals surface area contributed by atoms with Crippen LogP contribution in [-0.4, -0.2) is 18.9 Å². The highest BCUT2D eigenvalue weighted by Crippen LogP contribution is 2.40. The SMILES string of the molecule is O=c1oc2c3c(ccc2c(-c2ccccc2)c1Cl)OCC1CON=C31. The topological polar surface area (TPSA) is 61.0 Å². The normalized spacial score (nSPS) is 18.1. The molecule has 0 spiro atoms. The lowest BCUT2D eigenvalue weighted by Gasteiger charge is -2.22. The van der Waals surface area contributed by atoms with E-state index in [1.54, 1.807) is 0 Å². The van der Waals surface area contributed by atoms with Crippen LogP contribution in [0.5, 0.6) is 5.75 Å². The maximum absolute atomic E-state index is 12.4. The summed E-state index contributed by atoms with van der Waals surface area (Å²) >= 11 is 6.31. The van der Waals surface area contributed by atoms with Gasteiger partial charge < -0.3 is 14.0 Å². The number of halogens is 1. The van der Waals surface area contributed by atoms with E-state index in [0.29, 0.717) is 35.7 Å². The summed E-state index contributed by atoms with van der Waals surface area (Å²) in [5.41, 5.74) is 2.79. The molecule has 0 amide bonds. The van der Waals surface area contributed by atoms with Gasteiger partial charge in [-0.2, -0.15) is 0 Å². The molecule has 0 saturated heterocycles. The van der Waals surface area contributed by atoms with Crippen LogP contribution in [0.4, 0.5) is 0 Å². The molecule has 0 N–H and O–H groups in total. The van der Waals surface area contributed by atoms with Crippen molar-refractivity contribution in [3.63, 3.8) is 0 Å². The van der Waals surface area contributed by atoms with Crippen molar-refractivity contribution in [2.75, 3.05) is 13.2 Å². The van der Waals surface area contributed by atoms with Crippen LogP contribution in [0.25, 0.3) is 22.1 Å². The van der Waals surface area contributed by atoms with E-state index in [1.807, 2.05) is 42.5 Å². The third-order valence-corrected chi connectivity index (χ3v) is 4.91. The summed E-state index contributed by atoms with van der Waals surface area (Å²) in [5, 5.41) is 4.96. The van der Waals surface area contributed by atoms with Gasteiger partial charge in [0.2, 0.25) is 0 Å². The minimum absolute atomic E-state index is 0.0410. The van der Waals surface area contributed by atoms with Gasteiger partial charge in [-0.05, 0) is 17.7 Å². The molecule has 0 aliphatic carbocycles. The third kappa shape index (κ3) is 2.09. The second kappa shape index (κ2) is 5.36. The molecule has 0 bridgehead atoms. The van der Waals surface area contributed by atoms with E-state index in [-0.39, 0.29) is 10.9 Å². The minimum atomic E-state index is -0.581. The van der Waals surface area contributed by atoms with E-state index in [4.69, 9.17) is 25.6 Å². The summed E-state index contributed by atoms with van der Waals surface area (Å²) < 4.78 is 11.4. The van der Waals surface area contributed by atoms with Crippen LogP contribution in [0.3, 0.4) is 0 Å². The van der Waals surface area contributed by atoms with Crippen LogP contribution in [0.1, 0.15) is 5.56 Å². The van der Waals surface area contributed by atoms with E-state index in [9.17, 15) is 4.79 Å². The Morgan fingerprint density at radius 2 is 1.88 bits per heavy atom. The molecule has 1 aromatic heterocycles. The van der Waals surface area contributed by atoms with Crippen LogP contribution in [-0.2, 0) is 4.84 Å². The van der Waals surface area contributed by atoms with Gasteiger partial charge >= 0.3 is 5.63 Å². The number of hydrogen-bond donors (Lipinski definition) is 0. The molecule has 0 saturated carbocycles. The van der Waals surface area contributed by atoms with Crippen LogP contribution >= 0.6 is 11.6 Å². The van der Waals surface area contributed by atoms with Gasteiger partial charge in [-0.1, -0.05) is 47.1 Å². The lowest BCUT2D eigenvalue weighted by molar-refractivity contribution is 0.137. The van der Waals surface area contributed by atoms with Crippen LogP contribution in [0.2, 0.25) is 5.02 Å². The Hall–Kier alpha value is -2.79. The maximum atomic E-state index is 12.4. The Morgan fingerprint density at radius 3 is 2.72 bits per heavy atom. The Balaban J connectivity index is 1.90. The number of rotatable bonds is 1. The monoisotopic (exact) mass is 353 g/mol. The molecule has 5 nitrogen and oxygen atoms in total. The van der Waals surface area contributed by atoms with Crippen LogP contribution in [0.15, 0.2) is 56.8 Å². The average Bonchev–Trinajstić information content (AvgIpc) is 3.12. The van der Waals surface area contributed by atoms with E-state index in [2.05, 4.69) is 5.16 Å². The molecular formula is C19H12ClNO4. The highest BCUT2D eigenvalue weighted by atomic mass is 35.5. The van der Waals surface area contributed by atoms with Gasteiger partial charge in [-0.15, -0.1) is 0 Å². The Labute approximate surface area is 147 Å². The fourth-order valence-corrected chi connectivity index (χ4v) is 3.64. The van der Waals surface area contributed by atoms with Gasteiger partial charge in [0.1, 0.15) is 29.7 Å². The zero-order valence-corrected chi connectivity index (χ0v) is 13.7. The summed E-state index contributed by atoms with van der Waals surface area (Å²) in [4.78, 5) is 17.6. The quantitative estimate of drug-likeness (QED) is 0.623. The van der Waals surface area contributed by atoms with Gasteiger partial charge in [0.15, 0.2) is 5.58 Å². The Morgan fingerprint density at radius 1 is 1.04 bits per heavy atom. The maximum Gasteiger partial charge on any atom is 0.355 e. The number of nitrogens with zero attached hydrogens (tertiary/aromatic N) is 1. The standard InChI is InChI=1S/C19H12ClNO4/c20-16-14(10-4-2-1-3-5-10)12-6-7-13-15(18(12)25-19(16)22)17-11(8-23-13)9-24-21-17/h1-7,11H,8-9H2. The molecule has 5 rings (SSSR count). The van der Waals surface area contributed by atoms with Crippen molar-refractivity contribution < 1.29 is 14.0 Å². The molecule has 1 unspecified atom stereocenters. The summed E-state index contributed by atoms with van der Waals surface area (Å²) in [6.45, 7) is 0.967. The fourth-order valence-electron chi connectivity index (χ4n) is 3.39. The number of oxime groups is 1. The predicted octanol–water partition coefficient (Wildman–Crippen LogP) is 3.86. The largest absolute Gasteiger partial charge is 0.492 e. The van der Waals surface area contributed by atoms with Crippen molar-refractivity contribution in [3.8, 4) is 16.9 Å². The van der Waals surface area contributed by atoms with Gasteiger partial charge in [-0.25, -0.2) is 4.79 Å². The summed E-state index contributed by atoms with van der Waals surface area (Å²) in [7, 11) is 0. The first-order valence-corrected chi connectivity index (χ1v) is 8.29. The highest BCUT2D eigenvalue weighted by molar-refractivity contribution is 6.34. The molecular weight excluding hydrogens is 342 g/mol. The number of hydrogen-bond acceptors (Lipinski definition) is 5. The average molecular weight is 354 g/mol. The predicted molar refractivity (Wildman–Crippen MR) is 94.4 cm³/mol. The number of benzene rings is 2. The van der Waals surface area contributed by atoms with Crippen molar-refractivity contribution in [1.29, 1.82) is 0 Å².